The van der Waals surface area contributed by atoms with Gasteiger partial charge in [0.1, 0.15) is 4.64 Å². The molecule has 1 aromatic heterocycles. The third-order valence-electron chi connectivity index (χ3n) is 2.79. The Labute approximate surface area is 113 Å². The molecule has 90 valence electrons. The van der Waals surface area contributed by atoms with E-state index in [2.05, 4.69) is 43.1 Å². The summed E-state index contributed by atoms with van der Waals surface area (Å²) in [6, 6.07) is 10.6. The van der Waals surface area contributed by atoms with E-state index < -0.39 is 0 Å². The molecule has 1 heterocycles. The number of pyridine rings is 1. The van der Waals surface area contributed by atoms with E-state index in [0.717, 1.165) is 11.1 Å². The fourth-order valence-electron chi connectivity index (χ4n) is 1.79. The maximum Gasteiger partial charge on any atom is 0.106 e. The molecule has 0 radical (unpaired) electrons. The lowest BCUT2D eigenvalue weighted by atomic mass is 10.00. The summed E-state index contributed by atoms with van der Waals surface area (Å²) >= 11 is 5.27. The number of hydrogen-bond donors (Lipinski definition) is 1. The normalized spacial score (nSPS) is 9.76. The predicted octanol–water partition coefficient (Wildman–Crippen LogP) is 4.37. The number of aromatic amines is 1. The maximum absolute atomic E-state index is 5.27. The van der Waals surface area contributed by atoms with Crippen molar-refractivity contribution in [3.63, 3.8) is 0 Å². The fraction of sp³-hybridized carbons (Fsp3) is 0.214. The van der Waals surface area contributed by atoms with Crippen LogP contribution in [0.3, 0.4) is 0 Å². The molecule has 0 aliphatic carbocycles. The minimum absolute atomic E-state index is 0. The summed E-state index contributed by atoms with van der Waals surface area (Å²) in [5, 5.41) is 0. The number of halogens is 1. The van der Waals surface area contributed by atoms with Crippen LogP contribution in [-0.2, 0) is 6.42 Å². The van der Waals surface area contributed by atoms with Crippen LogP contribution < -0.4 is 0 Å². The first kappa shape index (κ1) is 13.9. The van der Waals surface area contributed by atoms with Gasteiger partial charge in [-0.05, 0) is 36.6 Å². The van der Waals surface area contributed by atoms with E-state index in [4.69, 9.17) is 12.2 Å². The Morgan fingerprint density at radius 1 is 1.12 bits per heavy atom. The zero-order valence-corrected chi connectivity index (χ0v) is 11.6. The number of rotatable bonds is 2. The largest absolute Gasteiger partial charge is 0.353 e. The van der Waals surface area contributed by atoms with Crippen LogP contribution in [0, 0.1) is 18.5 Å². The minimum atomic E-state index is 0. The van der Waals surface area contributed by atoms with Gasteiger partial charge >= 0.3 is 0 Å². The summed E-state index contributed by atoms with van der Waals surface area (Å²) in [6.07, 6.45) is 2.78. The third kappa shape index (κ3) is 3.42. The van der Waals surface area contributed by atoms with Gasteiger partial charge in [0.25, 0.3) is 0 Å². The van der Waals surface area contributed by atoms with E-state index in [9.17, 15) is 0 Å². The lowest BCUT2D eigenvalue weighted by Crippen LogP contribution is -1.94. The summed E-state index contributed by atoms with van der Waals surface area (Å²) < 4.78 is 0.836. The first-order chi connectivity index (χ1) is 7.66. The van der Waals surface area contributed by atoms with Crippen LogP contribution in [0.2, 0.25) is 0 Å². The number of aryl methyl sites for hydroxylation is 2. The quantitative estimate of drug-likeness (QED) is 0.797. The summed E-state index contributed by atoms with van der Waals surface area (Å²) in [5.74, 6) is 0. The third-order valence-corrected chi connectivity index (χ3v) is 3.17. The topological polar surface area (TPSA) is 15.8 Å². The lowest BCUT2D eigenvalue weighted by Gasteiger charge is -2.07. The molecule has 0 bridgehead atoms. The first-order valence-electron chi connectivity index (χ1n) is 5.39. The highest BCUT2D eigenvalue weighted by molar-refractivity contribution is 7.71. The molecule has 0 unspecified atom stereocenters. The van der Waals surface area contributed by atoms with Crippen LogP contribution in [0.5, 0.6) is 0 Å². The Bertz CT molecular complexity index is 560. The molecule has 0 atom stereocenters. The van der Waals surface area contributed by atoms with Gasteiger partial charge in [-0.2, -0.15) is 0 Å². The average molecular weight is 266 g/mol. The molecule has 17 heavy (non-hydrogen) atoms. The predicted molar refractivity (Wildman–Crippen MR) is 77.6 cm³/mol. The van der Waals surface area contributed by atoms with E-state index in [0.29, 0.717) is 0 Å². The second-order valence-electron chi connectivity index (χ2n) is 4.13. The molecule has 0 aliphatic heterocycles. The summed E-state index contributed by atoms with van der Waals surface area (Å²) in [5.41, 5.74) is 5.16. The molecule has 0 saturated heterocycles. The minimum Gasteiger partial charge on any atom is -0.353 e. The lowest BCUT2D eigenvalue weighted by molar-refractivity contribution is 1.10. The van der Waals surface area contributed by atoms with Crippen LogP contribution in [0.1, 0.15) is 22.3 Å². The Kier molecular flexibility index (Phi) is 4.91. The molecular formula is C14H16ClNS. The van der Waals surface area contributed by atoms with Crippen molar-refractivity contribution < 1.29 is 0 Å². The van der Waals surface area contributed by atoms with E-state index in [-0.39, 0.29) is 12.4 Å². The molecule has 0 saturated carbocycles. The molecule has 0 fully saturated rings. The van der Waals surface area contributed by atoms with Gasteiger partial charge in [-0.15, -0.1) is 12.4 Å². The molecule has 1 aromatic carbocycles. The molecule has 3 heteroatoms. The van der Waals surface area contributed by atoms with Crippen molar-refractivity contribution in [3.05, 3.63) is 63.4 Å². The van der Waals surface area contributed by atoms with Crippen molar-refractivity contribution >= 4 is 24.6 Å². The Morgan fingerprint density at radius 2 is 1.88 bits per heavy atom. The van der Waals surface area contributed by atoms with Crippen LogP contribution in [0.15, 0.2) is 36.5 Å². The van der Waals surface area contributed by atoms with Crippen LogP contribution in [0.4, 0.5) is 0 Å². The van der Waals surface area contributed by atoms with Gasteiger partial charge in [-0.25, -0.2) is 0 Å². The SMILES string of the molecule is Cc1ccc(C)c(Cc2ccc[nH]c2=S)c1.Cl. The van der Waals surface area contributed by atoms with Crippen molar-refractivity contribution in [1.29, 1.82) is 0 Å². The number of nitrogens with one attached hydrogen (secondary N) is 1. The zero-order valence-electron chi connectivity index (χ0n) is 9.99. The standard InChI is InChI=1S/C14H15NS.ClH/c1-10-5-6-11(2)13(8-10)9-12-4-3-7-15-14(12)16;/h3-8H,9H2,1-2H3,(H,15,16);1H. The number of H-pyrrole nitrogens is 1. The second-order valence-corrected chi connectivity index (χ2v) is 4.54. The Hall–Kier alpha value is -1.12. The number of aromatic nitrogens is 1. The van der Waals surface area contributed by atoms with Crippen molar-refractivity contribution in [2.45, 2.75) is 20.3 Å². The van der Waals surface area contributed by atoms with Gasteiger partial charge in [0, 0.05) is 12.6 Å². The van der Waals surface area contributed by atoms with Crippen LogP contribution in [0.25, 0.3) is 0 Å². The monoisotopic (exact) mass is 265 g/mol. The van der Waals surface area contributed by atoms with Gasteiger partial charge in [0.05, 0.1) is 0 Å². The van der Waals surface area contributed by atoms with E-state index in [1.807, 2.05) is 12.3 Å². The second kappa shape index (κ2) is 5.99. The number of hydrogen-bond acceptors (Lipinski definition) is 1. The van der Waals surface area contributed by atoms with Gasteiger partial charge in [0.2, 0.25) is 0 Å². The highest BCUT2D eigenvalue weighted by Crippen LogP contribution is 2.15. The van der Waals surface area contributed by atoms with E-state index >= 15 is 0 Å². The van der Waals surface area contributed by atoms with Crippen molar-refractivity contribution in [1.82, 2.24) is 4.98 Å². The van der Waals surface area contributed by atoms with Crippen LogP contribution in [-0.4, -0.2) is 4.98 Å². The van der Waals surface area contributed by atoms with E-state index in [1.165, 1.54) is 22.3 Å². The highest BCUT2D eigenvalue weighted by atomic mass is 35.5. The van der Waals surface area contributed by atoms with Gasteiger partial charge < -0.3 is 4.98 Å². The summed E-state index contributed by atoms with van der Waals surface area (Å²) in [7, 11) is 0. The average Bonchev–Trinajstić information content (AvgIpc) is 2.27. The zero-order chi connectivity index (χ0) is 11.5. The molecule has 1 N–H and O–H groups in total. The molecule has 1 nitrogen and oxygen atoms in total. The molecule has 2 aromatic rings. The number of benzene rings is 1. The summed E-state index contributed by atoms with van der Waals surface area (Å²) in [4.78, 5) is 3.07. The molecule has 0 amide bonds. The highest BCUT2D eigenvalue weighted by Gasteiger charge is 2.01. The molecule has 2 rings (SSSR count). The molecule has 0 aliphatic rings. The van der Waals surface area contributed by atoms with Gasteiger partial charge in [-0.3, -0.25) is 0 Å². The smallest absolute Gasteiger partial charge is 0.106 e. The van der Waals surface area contributed by atoms with E-state index in [1.54, 1.807) is 0 Å². The van der Waals surface area contributed by atoms with Crippen molar-refractivity contribution in [3.8, 4) is 0 Å². The Morgan fingerprint density at radius 3 is 2.59 bits per heavy atom. The fourth-order valence-corrected chi connectivity index (χ4v) is 2.00. The van der Waals surface area contributed by atoms with Crippen molar-refractivity contribution in [2.75, 3.05) is 0 Å². The van der Waals surface area contributed by atoms with Crippen LogP contribution >= 0.6 is 24.6 Å². The van der Waals surface area contributed by atoms with Crippen molar-refractivity contribution in [2.24, 2.45) is 0 Å². The van der Waals surface area contributed by atoms with Gasteiger partial charge in [0.15, 0.2) is 0 Å². The Balaban J connectivity index is 0.00000144. The molecular weight excluding hydrogens is 250 g/mol. The van der Waals surface area contributed by atoms with Gasteiger partial charge in [-0.1, -0.05) is 42.0 Å². The maximum atomic E-state index is 5.27. The summed E-state index contributed by atoms with van der Waals surface area (Å²) in [6.45, 7) is 4.26. The molecule has 0 spiro atoms. The first-order valence-corrected chi connectivity index (χ1v) is 5.80.